The molecule has 1 aromatic rings. The first-order chi connectivity index (χ1) is 7.93. The summed E-state index contributed by atoms with van der Waals surface area (Å²) in [4.78, 5) is 0. The fourth-order valence-corrected chi connectivity index (χ4v) is 1.33. The standard InChI is InChI=1S/C14H23NO2/c1-14(2,3)13(16)10-17-12-7-5-11(6-8-12)9-15-4/h5-8,13,15-16H,9-10H2,1-4H3. The quantitative estimate of drug-likeness (QED) is 0.825. The lowest BCUT2D eigenvalue weighted by molar-refractivity contribution is 0.0218. The van der Waals surface area contributed by atoms with Crippen LogP contribution in [0.5, 0.6) is 5.75 Å². The van der Waals surface area contributed by atoms with Crippen LogP contribution < -0.4 is 10.1 Å². The van der Waals surface area contributed by atoms with Crippen LogP contribution >= 0.6 is 0 Å². The summed E-state index contributed by atoms with van der Waals surface area (Å²) in [7, 11) is 1.92. The number of nitrogens with one attached hydrogen (secondary N) is 1. The summed E-state index contributed by atoms with van der Waals surface area (Å²) in [5.74, 6) is 0.799. The number of hydrogen-bond donors (Lipinski definition) is 2. The van der Waals surface area contributed by atoms with Crippen LogP contribution in [0.1, 0.15) is 26.3 Å². The van der Waals surface area contributed by atoms with Gasteiger partial charge in [0.2, 0.25) is 0 Å². The van der Waals surface area contributed by atoms with Crippen molar-refractivity contribution in [2.24, 2.45) is 5.41 Å². The lowest BCUT2D eigenvalue weighted by Gasteiger charge is -2.25. The molecule has 17 heavy (non-hydrogen) atoms. The Bertz CT molecular complexity index is 327. The molecule has 0 spiro atoms. The maximum Gasteiger partial charge on any atom is 0.119 e. The predicted octanol–water partition coefficient (Wildman–Crippen LogP) is 2.19. The molecule has 0 saturated carbocycles. The first-order valence-electron chi connectivity index (χ1n) is 5.98. The highest BCUT2D eigenvalue weighted by Gasteiger charge is 2.22. The van der Waals surface area contributed by atoms with Crippen molar-refractivity contribution in [1.29, 1.82) is 0 Å². The molecule has 0 fully saturated rings. The summed E-state index contributed by atoms with van der Waals surface area (Å²) >= 11 is 0. The van der Waals surface area contributed by atoms with Gasteiger partial charge in [-0.1, -0.05) is 32.9 Å². The summed E-state index contributed by atoms with van der Waals surface area (Å²) in [5.41, 5.74) is 1.07. The highest BCUT2D eigenvalue weighted by molar-refractivity contribution is 5.27. The van der Waals surface area contributed by atoms with Crippen LogP contribution in [0.25, 0.3) is 0 Å². The second-order valence-corrected chi connectivity index (χ2v) is 5.37. The van der Waals surface area contributed by atoms with Gasteiger partial charge in [0, 0.05) is 6.54 Å². The Labute approximate surface area is 104 Å². The fraction of sp³-hybridized carbons (Fsp3) is 0.571. The molecule has 1 rings (SSSR count). The Balaban J connectivity index is 2.47. The third-order valence-corrected chi connectivity index (χ3v) is 2.71. The van der Waals surface area contributed by atoms with E-state index in [0.29, 0.717) is 6.61 Å². The maximum atomic E-state index is 9.85. The topological polar surface area (TPSA) is 41.5 Å². The van der Waals surface area contributed by atoms with Crippen LogP contribution in [0, 0.1) is 5.41 Å². The van der Waals surface area contributed by atoms with Gasteiger partial charge in [-0.25, -0.2) is 0 Å². The molecule has 3 nitrogen and oxygen atoms in total. The molecule has 3 heteroatoms. The molecule has 1 atom stereocenters. The second kappa shape index (κ2) is 6.03. The number of benzene rings is 1. The number of aliphatic hydroxyl groups excluding tert-OH is 1. The van der Waals surface area contributed by atoms with Crippen LogP contribution in [0.2, 0.25) is 0 Å². The number of rotatable bonds is 5. The van der Waals surface area contributed by atoms with E-state index in [-0.39, 0.29) is 5.41 Å². The van der Waals surface area contributed by atoms with Crippen molar-refractivity contribution in [2.75, 3.05) is 13.7 Å². The molecule has 0 radical (unpaired) electrons. The van der Waals surface area contributed by atoms with E-state index in [0.717, 1.165) is 12.3 Å². The molecule has 1 aromatic carbocycles. The smallest absolute Gasteiger partial charge is 0.119 e. The minimum Gasteiger partial charge on any atom is -0.491 e. The minimum atomic E-state index is -0.459. The lowest BCUT2D eigenvalue weighted by atomic mass is 9.90. The summed E-state index contributed by atoms with van der Waals surface area (Å²) in [6.07, 6.45) is -0.459. The largest absolute Gasteiger partial charge is 0.491 e. The summed E-state index contributed by atoms with van der Waals surface area (Å²) in [6.45, 7) is 7.17. The van der Waals surface area contributed by atoms with Gasteiger partial charge in [0.25, 0.3) is 0 Å². The van der Waals surface area contributed by atoms with Gasteiger partial charge in [-0.15, -0.1) is 0 Å². The molecule has 0 aliphatic rings. The molecular weight excluding hydrogens is 214 g/mol. The van der Waals surface area contributed by atoms with E-state index in [2.05, 4.69) is 5.32 Å². The predicted molar refractivity (Wildman–Crippen MR) is 70.2 cm³/mol. The first kappa shape index (κ1) is 14.0. The summed E-state index contributed by atoms with van der Waals surface area (Å²) in [6, 6.07) is 7.91. The van der Waals surface area contributed by atoms with Gasteiger partial charge in [0.15, 0.2) is 0 Å². The highest BCUT2D eigenvalue weighted by atomic mass is 16.5. The van der Waals surface area contributed by atoms with Gasteiger partial charge < -0.3 is 15.2 Å². The van der Waals surface area contributed by atoms with Crippen LogP contribution in [0.4, 0.5) is 0 Å². The normalized spacial score (nSPS) is 13.5. The van der Waals surface area contributed by atoms with E-state index < -0.39 is 6.10 Å². The molecule has 0 aromatic heterocycles. The molecule has 0 saturated heterocycles. The van der Waals surface area contributed by atoms with Crippen molar-refractivity contribution >= 4 is 0 Å². The number of aliphatic hydroxyl groups is 1. The third kappa shape index (κ3) is 4.75. The van der Waals surface area contributed by atoms with Crippen LogP contribution in [-0.2, 0) is 6.54 Å². The van der Waals surface area contributed by atoms with Gasteiger partial charge in [-0.2, -0.15) is 0 Å². The lowest BCUT2D eigenvalue weighted by Crippen LogP contribution is -2.31. The zero-order valence-corrected chi connectivity index (χ0v) is 11.2. The first-order valence-corrected chi connectivity index (χ1v) is 5.98. The number of ether oxygens (including phenoxy) is 1. The molecule has 0 aliphatic heterocycles. The van der Waals surface area contributed by atoms with Crippen LogP contribution in [0.15, 0.2) is 24.3 Å². The van der Waals surface area contributed by atoms with Gasteiger partial charge >= 0.3 is 0 Å². The molecule has 0 bridgehead atoms. The van der Waals surface area contributed by atoms with Crippen molar-refractivity contribution in [3.05, 3.63) is 29.8 Å². The second-order valence-electron chi connectivity index (χ2n) is 5.37. The van der Waals surface area contributed by atoms with E-state index in [1.807, 2.05) is 52.1 Å². The average molecular weight is 237 g/mol. The Morgan fingerprint density at radius 3 is 2.29 bits per heavy atom. The van der Waals surface area contributed by atoms with Crippen molar-refractivity contribution in [3.8, 4) is 5.75 Å². The van der Waals surface area contributed by atoms with Crippen molar-refractivity contribution in [3.63, 3.8) is 0 Å². The molecule has 0 amide bonds. The SMILES string of the molecule is CNCc1ccc(OCC(O)C(C)(C)C)cc1. The van der Waals surface area contributed by atoms with E-state index >= 15 is 0 Å². The van der Waals surface area contributed by atoms with E-state index in [9.17, 15) is 5.11 Å². The summed E-state index contributed by atoms with van der Waals surface area (Å²) in [5, 5.41) is 12.9. The van der Waals surface area contributed by atoms with Crippen molar-refractivity contribution in [2.45, 2.75) is 33.4 Å². The maximum absolute atomic E-state index is 9.85. The highest BCUT2D eigenvalue weighted by Crippen LogP contribution is 2.20. The Morgan fingerprint density at radius 1 is 1.24 bits per heavy atom. The minimum absolute atomic E-state index is 0.147. The van der Waals surface area contributed by atoms with E-state index in [1.54, 1.807) is 0 Å². The molecular formula is C14H23NO2. The van der Waals surface area contributed by atoms with Crippen molar-refractivity contribution < 1.29 is 9.84 Å². The Morgan fingerprint density at radius 2 is 1.82 bits per heavy atom. The molecule has 96 valence electrons. The zero-order valence-electron chi connectivity index (χ0n) is 11.2. The molecule has 2 N–H and O–H groups in total. The van der Waals surface area contributed by atoms with E-state index in [4.69, 9.17) is 4.74 Å². The Hall–Kier alpha value is -1.06. The summed E-state index contributed by atoms with van der Waals surface area (Å²) < 4.78 is 5.56. The van der Waals surface area contributed by atoms with Gasteiger partial charge in [0.05, 0.1) is 6.10 Å². The molecule has 1 unspecified atom stereocenters. The van der Waals surface area contributed by atoms with Gasteiger partial charge in [0.1, 0.15) is 12.4 Å². The van der Waals surface area contributed by atoms with Crippen LogP contribution in [-0.4, -0.2) is 24.9 Å². The van der Waals surface area contributed by atoms with E-state index in [1.165, 1.54) is 5.56 Å². The third-order valence-electron chi connectivity index (χ3n) is 2.71. The number of hydrogen-bond acceptors (Lipinski definition) is 3. The monoisotopic (exact) mass is 237 g/mol. The van der Waals surface area contributed by atoms with Crippen LogP contribution in [0.3, 0.4) is 0 Å². The molecule has 0 aliphatic carbocycles. The fourth-order valence-electron chi connectivity index (χ4n) is 1.33. The average Bonchev–Trinajstić information content (AvgIpc) is 2.27. The van der Waals surface area contributed by atoms with Gasteiger partial charge in [-0.3, -0.25) is 0 Å². The van der Waals surface area contributed by atoms with Gasteiger partial charge in [-0.05, 0) is 30.2 Å². The van der Waals surface area contributed by atoms with Crippen molar-refractivity contribution in [1.82, 2.24) is 5.32 Å². The molecule has 0 heterocycles. The zero-order chi connectivity index (χ0) is 12.9. The Kier molecular flexibility index (Phi) is 4.97.